The van der Waals surface area contributed by atoms with Crippen LogP contribution in [0.15, 0.2) is 66.7 Å². The molecular formula is C41H45F5O2P2. The van der Waals surface area contributed by atoms with Crippen molar-refractivity contribution in [3.63, 3.8) is 0 Å². The van der Waals surface area contributed by atoms with Gasteiger partial charge in [0.2, 0.25) is 0 Å². The van der Waals surface area contributed by atoms with E-state index in [2.05, 4.69) is 25.4 Å². The van der Waals surface area contributed by atoms with Crippen LogP contribution in [0, 0.1) is 59.7 Å². The molecule has 266 valence electrons. The number of rotatable bonds is 7. The summed E-state index contributed by atoms with van der Waals surface area (Å²) < 4.78 is 72.1. The number of hydrogen-bond acceptors (Lipinski definition) is 2. The molecule has 2 unspecified atom stereocenters. The number of halogens is 5. The Morgan fingerprint density at radius 3 is 1.86 bits per heavy atom. The second-order valence-electron chi connectivity index (χ2n) is 14.1. The number of benzene rings is 4. The van der Waals surface area contributed by atoms with Gasteiger partial charge >= 0.3 is 5.97 Å². The van der Waals surface area contributed by atoms with Crippen LogP contribution in [0.1, 0.15) is 86.2 Å². The first-order valence-corrected chi connectivity index (χ1v) is 18.6. The zero-order valence-electron chi connectivity index (χ0n) is 28.6. The van der Waals surface area contributed by atoms with Crippen LogP contribution < -0.4 is 15.3 Å². The predicted octanol–water partition coefficient (Wildman–Crippen LogP) is 10.8. The summed E-state index contributed by atoms with van der Waals surface area (Å²) in [7, 11) is 4.73. The van der Waals surface area contributed by atoms with Gasteiger partial charge in [-0.2, -0.15) is 0 Å². The highest BCUT2D eigenvalue weighted by Crippen LogP contribution is 2.42. The van der Waals surface area contributed by atoms with Crippen molar-refractivity contribution in [2.24, 2.45) is 23.7 Å². The van der Waals surface area contributed by atoms with Crippen LogP contribution in [0.25, 0.3) is 11.1 Å². The van der Waals surface area contributed by atoms with Crippen LogP contribution >= 0.6 is 18.5 Å². The molecule has 9 heteroatoms. The third-order valence-electron chi connectivity index (χ3n) is 10.4. The van der Waals surface area contributed by atoms with Gasteiger partial charge in [-0.15, -0.1) is 18.5 Å². The molecule has 0 aromatic heterocycles. The quantitative estimate of drug-likeness (QED) is 0.0623. The highest BCUT2D eigenvalue weighted by atomic mass is 31.0. The van der Waals surface area contributed by atoms with Crippen LogP contribution in [0.4, 0.5) is 22.0 Å². The van der Waals surface area contributed by atoms with E-state index in [0.717, 1.165) is 41.2 Å². The topological polar surface area (TPSA) is 26.3 Å². The second kappa shape index (κ2) is 17.4. The zero-order chi connectivity index (χ0) is 35.9. The van der Waals surface area contributed by atoms with Crippen molar-refractivity contribution in [3.8, 4) is 16.9 Å². The Balaban J connectivity index is 0.000000197. The molecule has 0 aliphatic heterocycles. The third kappa shape index (κ3) is 10.0. The maximum absolute atomic E-state index is 14.5. The molecule has 0 heterocycles. The van der Waals surface area contributed by atoms with Crippen LogP contribution in [-0.4, -0.2) is 5.97 Å². The molecule has 6 rings (SSSR count). The van der Waals surface area contributed by atoms with Gasteiger partial charge < -0.3 is 4.74 Å². The van der Waals surface area contributed by atoms with Gasteiger partial charge in [-0.3, -0.25) is 0 Å². The molecule has 2 aliphatic carbocycles. The Bertz CT molecular complexity index is 1730. The molecule has 4 aromatic rings. The number of hydrogen-bond donors (Lipinski definition) is 0. The van der Waals surface area contributed by atoms with Crippen molar-refractivity contribution in [3.05, 3.63) is 113 Å². The molecule has 0 saturated heterocycles. The molecule has 2 nitrogen and oxygen atoms in total. The van der Waals surface area contributed by atoms with E-state index in [1.54, 1.807) is 12.1 Å². The SMILES string of the molecule is CC1CCC(C2CCC(CCc3ccc(F)c(P)c3)CC2)CC1.Cc1ccc(-c2cc(F)c(C(=O)Oc3cc(F)c(F)c(F)c3)c(P)c2)cc1. The Morgan fingerprint density at radius 1 is 0.680 bits per heavy atom. The summed E-state index contributed by atoms with van der Waals surface area (Å²) in [4.78, 5) is 12.2. The molecule has 2 saturated carbocycles. The summed E-state index contributed by atoms with van der Waals surface area (Å²) in [5.74, 6) is -3.49. The average Bonchev–Trinajstić information content (AvgIpc) is 3.08. The summed E-state index contributed by atoms with van der Waals surface area (Å²) in [5, 5.41) is 0.913. The molecule has 2 aliphatic rings. The minimum atomic E-state index is -1.69. The first-order chi connectivity index (χ1) is 23.9. The van der Waals surface area contributed by atoms with Crippen LogP contribution in [-0.2, 0) is 6.42 Å². The van der Waals surface area contributed by atoms with Crippen molar-refractivity contribution in [1.29, 1.82) is 0 Å². The molecular weight excluding hydrogens is 681 g/mol. The largest absolute Gasteiger partial charge is 0.423 e. The Kier molecular flexibility index (Phi) is 13.2. The Hall–Kier alpha value is -3.14. The summed E-state index contributed by atoms with van der Waals surface area (Å²) in [6, 6.07) is 16.7. The van der Waals surface area contributed by atoms with Gasteiger partial charge in [0.1, 0.15) is 22.9 Å². The molecule has 0 N–H and O–H groups in total. The smallest absolute Gasteiger partial charge is 0.347 e. The summed E-state index contributed by atoms with van der Waals surface area (Å²) in [6.45, 7) is 4.34. The van der Waals surface area contributed by atoms with Crippen molar-refractivity contribution in [2.45, 2.75) is 78.1 Å². The molecule has 0 radical (unpaired) electrons. The predicted molar refractivity (Wildman–Crippen MR) is 198 cm³/mol. The highest BCUT2D eigenvalue weighted by molar-refractivity contribution is 7.27. The summed E-state index contributed by atoms with van der Waals surface area (Å²) in [6.07, 6.45) is 14.1. The van der Waals surface area contributed by atoms with Gasteiger partial charge in [-0.05, 0) is 115 Å². The summed E-state index contributed by atoms with van der Waals surface area (Å²) >= 11 is 0. The Labute approximate surface area is 297 Å². The van der Waals surface area contributed by atoms with E-state index in [-0.39, 0.29) is 11.1 Å². The van der Waals surface area contributed by atoms with Gasteiger partial charge in [0, 0.05) is 17.4 Å². The van der Waals surface area contributed by atoms with Crippen molar-refractivity contribution in [1.82, 2.24) is 0 Å². The van der Waals surface area contributed by atoms with Crippen LogP contribution in [0.3, 0.4) is 0 Å². The first-order valence-electron chi connectivity index (χ1n) is 17.4. The van der Waals surface area contributed by atoms with E-state index in [1.165, 1.54) is 69.4 Å². The third-order valence-corrected chi connectivity index (χ3v) is 11.3. The number of ether oxygens (including phenoxy) is 1. The van der Waals surface area contributed by atoms with E-state index in [4.69, 9.17) is 4.74 Å². The molecule has 2 atom stereocenters. The fraction of sp³-hybridized carbons (Fsp3) is 0.390. The molecule has 0 bridgehead atoms. The lowest BCUT2D eigenvalue weighted by Crippen LogP contribution is -2.25. The summed E-state index contributed by atoms with van der Waals surface area (Å²) in [5.41, 5.74) is 3.24. The standard InChI is InChI=1S/C21H32FP.C20H13F4O2P/c1-15-2-9-18(10-3-15)19-11-6-16(7-12-19)4-5-17-8-13-20(22)21(23)14-17;1-10-2-4-11(5-3-10)12-6-14(21)18(17(27)7-12)20(25)26-13-8-15(22)19(24)16(23)9-13/h8,13-16,18-19H,2-7,9-12,23H2,1H3;2-9H,27H2,1H3. The van der Waals surface area contributed by atoms with E-state index >= 15 is 0 Å². The lowest BCUT2D eigenvalue weighted by atomic mass is 9.69. The van der Waals surface area contributed by atoms with E-state index in [9.17, 15) is 26.7 Å². The minimum Gasteiger partial charge on any atom is -0.423 e. The highest BCUT2D eigenvalue weighted by Gasteiger charge is 2.30. The van der Waals surface area contributed by atoms with Gasteiger partial charge in [0.15, 0.2) is 17.5 Å². The maximum atomic E-state index is 14.5. The molecule has 0 amide bonds. The molecule has 2 fully saturated rings. The molecule has 4 aromatic carbocycles. The maximum Gasteiger partial charge on any atom is 0.347 e. The van der Waals surface area contributed by atoms with Crippen molar-refractivity contribution < 1.29 is 31.5 Å². The van der Waals surface area contributed by atoms with Gasteiger partial charge in [-0.25, -0.2) is 26.7 Å². The number of aryl methyl sites for hydroxylation is 2. The van der Waals surface area contributed by atoms with E-state index < -0.39 is 40.6 Å². The van der Waals surface area contributed by atoms with Gasteiger partial charge in [0.25, 0.3) is 0 Å². The fourth-order valence-electron chi connectivity index (χ4n) is 7.33. The van der Waals surface area contributed by atoms with Crippen molar-refractivity contribution in [2.75, 3.05) is 0 Å². The van der Waals surface area contributed by atoms with Crippen LogP contribution in [0.2, 0.25) is 0 Å². The van der Waals surface area contributed by atoms with Crippen LogP contribution in [0.5, 0.6) is 5.75 Å². The fourth-order valence-corrected chi connectivity index (χ4v) is 8.08. The average molecular weight is 727 g/mol. The van der Waals surface area contributed by atoms with E-state index in [1.807, 2.05) is 43.3 Å². The van der Waals surface area contributed by atoms with Gasteiger partial charge in [0.05, 0.1) is 0 Å². The number of esters is 1. The Morgan fingerprint density at radius 2 is 1.28 bits per heavy atom. The zero-order valence-corrected chi connectivity index (χ0v) is 30.9. The van der Waals surface area contributed by atoms with Gasteiger partial charge in [-0.1, -0.05) is 68.5 Å². The monoisotopic (exact) mass is 726 g/mol. The van der Waals surface area contributed by atoms with Crippen molar-refractivity contribution >= 4 is 35.1 Å². The minimum absolute atomic E-state index is 0.110. The molecule has 0 spiro atoms. The lowest BCUT2D eigenvalue weighted by Gasteiger charge is -2.37. The normalized spacial score (nSPS) is 20.5. The number of carbonyl (C=O) groups excluding carboxylic acids is 1. The first kappa shape index (κ1) is 38.1. The molecule has 50 heavy (non-hydrogen) atoms. The number of carbonyl (C=O) groups is 1. The van der Waals surface area contributed by atoms with E-state index in [0.29, 0.717) is 23.0 Å². The lowest BCUT2D eigenvalue weighted by molar-refractivity contribution is 0.0730. The second-order valence-corrected chi connectivity index (χ2v) is 15.3.